The summed E-state index contributed by atoms with van der Waals surface area (Å²) in [6, 6.07) is 3.58. The SMILES string of the molecule is CCN(C)C(=O)C1CCc2c(sc3ncnc(Nc4cc(C=[NH2+])c(N)cc4OC)c23)C1. The molecule has 5 N–H and O–H groups in total. The molecule has 1 aliphatic carbocycles. The van der Waals surface area contributed by atoms with Crippen molar-refractivity contribution in [3.8, 4) is 5.75 Å². The number of thiophene rings is 1. The molecule has 1 aromatic carbocycles. The maximum Gasteiger partial charge on any atom is 0.225 e. The van der Waals surface area contributed by atoms with Crippen LogP contribution in [0, 0.1) is 5.92 Å². The van der Waals surface area contributed by atoms with Gasteiger partial charge in [0.15, 0.2) is 6.21 Å². The second kappa shape index (κ2) is 8.50. The Balaban J connectivity index is 1.72. The number of aryl methyl sites for hydroxylation is 1. The number of nitrogens with zero attached hydrogens (tertiary/aromatic N) is 3. The molecule has 1 atom stereocenters. The minimum atomic E-state index is 0.0229. The van der Waals surface area contributed by atoms with Crippen molar-refractivity contribution in [3.05, 3.63) is 34.5 Å². The van der Waals surface area contributed by atoms with Crippen molar-refractivity contribution in [2.24, 2.45) is 5.92 Å². The number of anilines is 3. The van der Waals surface area contributed by atoms with Gasteiger partial charge in [-0.15, -0.1) is 11.3 Å². The van der Waals surface area contributed by atoms with E-state index >= 15 is 0 Å². The van der Waals surface area contributed by atoms with Gasteiger partial charge in [-0.05, 0) is 37.8 Å². The van der Waals surface area contributed by atoms with E-state index < -0.39 is 0 Å². The molecule has 0 spiro atoms. The van der Waals surface area contributed by atoms with Crippen LogP contribution in [-0.4, -0.2) is 47.7 Å². The molecule has 162 valence electrons. The van der Waals surface area contributed by atoms with Crippen molar-refractivity contribution in [2.45, 2.75) is 26.2 Å². The van der Waals surface area contributed by atoms with Crippen LogP contribution in [0.5, 0.6) is 5.75 Å². The molecule has 3 aromatic rings. The first-order valence-corrected chi connectivity index (χ1v) is 11.1. The number of nitrogen functional groups attached to an aromatic ring is 1. The minimum Gasteiger partial charge on any atom is -0.494 e. The molecule has 2 aromatic heterocycles. The fourth-order valence-corrected chi connectivity index (χ4v) is 5.30. The Hall–Kier alpha value is -3.20. The van der Waals surface area contributed by atoms with Crippen LogP contribution in [0.25, 0.3) is 10.2 Å². The highest BCUT2D eigenvalue weighted by molar-refractivity contribution is 7.19. The van der Waals surface area contributed by atoms with Gasteiger partial charge < -0.3 is 20.7 Å². The topological polar surface area (TPSA) is 119 Å². The Morgan fingerprint density at radius 2 is 2.26 bits per heavy atom. The number of fused-ring (bicyclic) bond motifs is 3. The second-order valence-electron chi connectivity index (χ2n) is 7.67. The number of carbonyl (C=O) groups is 1. The summed E-state index contributed by atoms with van der Waals surface area (Å²) >= 11 is 1.65. The predicted molar refractivity (Wildman–Crippen MR) is 124 cm³/mol. The number of benzene rings is 1. The number of methoxy groups -OCH3 is 1. The zero-order valence-corrected chi connectivity index (χ0v) is 18.8. The number of carbonyl (C=O) groups excluding carboxylic acids is 1. The lowest BCUT2D eigenvalue weighted by molar-refractivity contribution is -0.134. The Morgan fingerprint density at radius 3 is 2.97 bits per heavy atom. The van der Waals surface area contributed by atoms with E-state index in [2.05, 4.69) is 15.3 Å². The summed E-state index contributed by atoms with van der Waals surface area (Å²) in [6.07, 6.45) is 5.42. The number of rotatable bonds is 6. The van der Waals surface area contributed by atoms with Crippen molar-refractivity contribution in [3.63, 3.8) is 0 Å². The van der Waals surface area contributed by atoms with Crippen LogP contribution in [0.3, 0.4) is 0 Å². The molecule has 0 fully saturated rings. The Kier molecular flexibility index (Phi) is 5.77. The van der Waals surface area contributed by atoms with Crippen LogP contribution in [0.2, 0.25) is 0 Å². The smallest absolute Gasteiger partial charge is 0.225 e. The van der Waals surface area contributed by atoms with Crippen molar-refractivity contribution in [1.82, 2.24) is 14.9 Å². The molecular weight excluding hydrogens is 412 g/mol. The van der Waals surface area contributed by atoms with E-state index in [4.69, 9.17) is 15.9 Å². The fourth-order valence-electron chi connectivity index (χ4n) is 4.03. The van der Waals surface area contributed by atoms with Crippen molar-refractivity contribution >= 4 is 50.9 Å². The third-order valence-electron chi connectivity index (χ3n) is 5.88. The average molecular weight is 440 g/mol. The lowest BCUT2D eigenvalue weighted by Crippen LogP contribution is -2.35. The second-order valence-corrected chi connectivity index (χ2v) is 8.76. The van der Waals surface area contributed by atoms with E-state index in [0.717, 1.165) is 41.7 Å². The molecule has 0 radical (unpaired) electrons. The third-order valence-corrected chi connectivity index (χ3v) is 7.05. The standard InChI is InChI=1S/C22H26N6O2S/c1-4-28(2)22(29)12-5-6-14-18(8-12)31-21-19(14)20(25-11-26-21)27-16-7-13(10-23)15(24)9-17(16)30-3/h7,9-12,23H,4-6,8,24H2,1-3H3,(H,25,26,27)/p+1. The van der Waals surface area contributed by atoms with Gasteiger partial charge in [-0.25, -0.2) is 9.97 Å². The van der Waals surface area contributed by atoms with Crippen LogP contribution in [-0.2, 0) is 17.6 Å². The zero-order chi connectivity index (χ0) is 22.1. The van der Waals surface area contributed by atoms with E-state index in [-0.39, 0.29) is 11.8 Å². The van der Waals surface area contributed by atoms with E-state index in [1.54, 1.807) is 35.7 Å². The molecule has 1 aliphatic rings. The third kappa shape index (κ3) is 3.81. The Labute approximate surface area is 185 Å². The molecule has 9 heteroatoms. The highest BCUT2D eigenvalue weighted by Crippen LogP contribution is 2.41. The molecule has 0 bridgehead atoms. The van der Waals surface area contributed by atoms with Gasteiger partial charge in [0.2, 0.25) is 5.91 Å². The van der Waals surface area contributed by atoms with Crippen LogP contribution < -0.4 is 21.2 Å². The van der Waals surface area contributed by atoms with E-state index in [1.807, 2.05) is 20.0 Å². The monoisotopic (exact) mass is 439 g/mol. The summed E-state index contributed by atoms with van der Waals surface area (Å²) in [5.41, 5.74) is 9.23. The molecule has 1 unspecified atom stereocenters. The number of hydrogen-bond donors (Lipinski definition) is 3. The van der Waals surface area contributed by atoms with Crippen molar-refractivity contribution in [2.75, 3.05) is 31.8 Å². The summed E-state index contributed by atoms with van der Waals surface area (Å²) in [6.45, 7) is 2.72. The van der Waals surface area contributed by atoms with Gasteiger partial charge in [-0.3, -0.25) is 10.2 Å². The normalized spacial score (nSPS) is 15.4. The van der Waals surface area contributed by atoms with E-state index in [9.17, 15) is 4.79 Å². The van der Waals surface area contributed by atoms with Crippen LogP contribution in [0.15, 0.2) is 18.5 Å². The predicted octanol–water partition coefficient (Wildman–Crippen LogP) is 1.79. The van der Waals surface area contributed by atoms with Crippen molar-refractivity contribution < 1.29 is 14.9 Å². The number of nitrogens with one attached hydrogen (secondary N) is 1. The molecule has 1 amide bonds. The van der Waals surface area contributed by atoms with Gasteiger partial charge in [0.25, 0.3) is 0 Å². The number of amides is 1. The number of nitrogens with two attached hydrogens (primary N) is 2. The molecule has 2 heterocycles. The Morgan fingerprint density at radius 1 is 1.45 bits per heavy atom. The maximum atomic E-state index is 12.7. The maximum absolute atomic E-state index is 12.7. The largest absolute Gasteiger partial charge is 0.494 e. The first kappa shape index (κ1) is 21.0. The molecule has 0 saturated heterocycles. The van der Waals surface area contributed by atoms with E-state index in [0.29, 0.717) is 22.8 Å². The zero-order valence-electron chi connectivity index (χ0n) is 17.9. The van der Waals surface area contributed by atoms with Crippen LogP contribution >= 0.6 is 11.3 Å². The quantitative estimate of drug-likeness (QED) is 0.398. The highest BCUT2D eigenvalue weighted by atomic mass is 32.1. The van der Waals surface area contributed by atoms with Crippen LogP contribution in [0.4, 0.5) is 17.2 Å². The minimum absolute atomic E-state index is 0.0229. The summed E-state index contributed by atoms with van der Waals surface area (Å²) in [4.78, 5) is 25.6. The molecule has 4 rings (SSSR count). The first-order valence-electron chi connectivity index (χ1n) is 10.3. The summed E-state index contributed by atoms with van der Waals surface area (Å²) in [5, 5.41) is 10.1. The van der Waals surface area contributed by atoms with Gasteiger partial charge >= 0.3 is 0 Å². The molecule has 31 heavy (non-hydrogen) atoms. The van der Waals surface area contributed by atoms with E-state index in [1.165, 1.54) is 16.7 Å². The summed E-state index contributed by atoms with van der Waals surface area (Å²) in [5.74, 6) is 1.55. The van der Waals surface area contributed by atoms with Gasteiger partial charge in [0, 0.05) is 36.1 Å². The van der Waals surface area contributed by atoms with Crippen molar-refractivity contribution in [1.29, 1.82) is 0 Å². The summed E-state index contributed by atoms with van der Waals surface area (Å²) < 4.78 is 5.50. The van der Waals surface area contributed by atoms with Gasteiger partial charge in [-0.1, -0.05) is 0 Å². The van der Waals surface area contributed by atoms with Gasteiger partial charge in [0.05, 0.1) is 23.7 Å². The van der Waals surface area contributed by atoms with Crippen LogP contribution in [0.1, 0.15) is 29.3 Å². The lowest BCUT2D eigenvalue weighted by atomic mass is 9.87. The lowest BCUT2D eigenvalue weighted by Gasteiger charge is -2.26. The molecule has 0 aliphatic heterocycles. The van der Waals surface area contributed by atoms with Gasteiger partial charge in [0.1, 0.15) is 22.7 Å². The number of ether oxygens (including phenoxy) is 1. The first-order chi connectivity index (χ1) is 15.0. The molecular formula is C22H27N6O2S+. The van der Waals surface area contributed by atoms with Gasteiger partial charge in [-0.2, -0.15) is 0 Å². The average Bonchev–Trinajstić information content (AvgIpc) is 3.17. The molecule has 8 nitrogen and oxygen atoms in total. The Bertz CT molecular complexity index is 1160. The molecule has 0 saturated carbocycles. The highest BCUT2D eigenvalue weighted by Gasteiger charge is 2.30. The summed E-state index contributed by atoms with van der Waals surface area (Å²) in [7, 11) is 3.46. The number of hydrogen-bond acceptors (Lipinski definition) is 7. The number of aromatic nitrogens is 2. The fraction of sp³-hybridized carbons (Fsp3) is 0.364.